The van der Waals surface area contributed by atoms with Gasteiger partial charge in [0.2, 0.25) is 5.78 Å². The lowest BCUT2D eigenvalue weighted by atomic mass is 9.86. The van der Waals surface area contributed by atoms with Crippen LogP contribution in [0.4, 0.5) is 0 Å². The van der Waals surface area contributed by atoms with Gasteiger partial charge in [-0.05, 0) is 34.7 Å². The summed E-state index contributed by atoms with van der Waals surface area (Å²) in [6.45, 7) is 17.2. The Morgan fingerprint density at radius 2 is 1.50 bits per heavy atom. The molecule has 2 atom stereocenters. The zero-order chi connectivity index (χ0) is 17.4. The van der Waals surface area contributed by atoms with Crippen LogP contribution in [0.15, 0.2) is 10.8 Å². The lowest BCUT2D eigenvalue weighted by Crippen LogP contribution is -2.54. The predicted octanol–water partition coefficient (Wildman–Crippen LogP) is 4.78. The zero-order valence-electron chi connectivity index (χ0n) is 15.3. The fourth-order valence-corrected chi connectivity index (χ4v) is 12.1. The van der Waals surface area contributed by atoms with Crippen LogP contribution < -0.4 is 0 Å². The summed E-state index contributed by atoms with van der Waals surface area (Å²) in [4.78, 5) is 24.0. The smallest absolute Gasteiger partial charge is 0.274 e. The van der Waals surface area contributed by atoms with Gasteiger partial charge in [0.05, 0.1) is 8.07 Å². The van der Waals surface area contributed by atoms with Crippen LogP contribution in [0.5, 0.6) is 0 Å². The first-order chi connectivity index (χ1) is 9.99. The third kappa shape index (κ3) is 2.80. The summed E-state index contributed by atoms with van der Waals surface area (Å²) in [5.74, 6) is -0.0745. The van der Waals surface area contributed by atoms with Crippen molar-refractivity contribution >= 4 is 13.9 Å². The summed E-state index contributed by atoms with van der Waals surface area (Å²) in [6, 6.07) is -1.04. The van der Waals surface area contributed by atoms with Crippen LogP contribution in [0, 0.1) is 16.0 Å². The lowest BCUT2D eigenvalue weighted by Gasteiger charge is -2.47. The quantitative estimate of drug-likeness (QED) is 0.415. The molecule has 1 aliphatic carbocycles. The second kappa shape index (κ2) is 6.65. The molecule has 5 heteroatoms. The molecule has 0 fully saturated rings. The topological polar surface area (TPSA) is 60.2 Å². The molecule has 0 radical (unpaired) electrons. The maximum atomic E-state index is 13.0. The second-order valence-corrected chi connectivity index (χ2v) is 13.6. The first-order valence-electron chi connectivity index (χ1n) is 8.38. The highest BCUT2D eigenvalue weighted by Gasteiger charge is 2.54. The lowest BCUT2D eigenvalue weighted by molar-refractivity contribution is -0.509. The van der Waals surface area contributed by atoms with E-state index in [0.717, 1.165) is 10.8 Å². The van der Waals surface area contributed by atoms with E-state index < -0.39 is 14.1 Å². The fourth-order valence-electron chi connectivity index (χ4n) is 4.83. The molecule has 0 N–H and O–H groups in total. The Balaban J connectivity index is 3.66. The van der Waals surface area contributed by atoms with Crippen LogP contribution in [0.3, 0.4) is 0 Å². The third-order valence-corrected chi connectivity index (χ3v) is 13.1. The van der Waals surface area contributed by atoms with Gasteiger partial charge in [-0.25, -0.2) is 0 Å². The van der Waals surface area contributed by atoms with Crippen LogP contribution in [0.25, 0.3) is 0 Å². The van der Waals surface area contributed by atoms with E-state index in [2.05, 4.69) is 41.5 Å². The molecule has 22 heavy (non-hydrogen) atoms. The number of rotatable bonds is 5. The highest BCUT2D eigenvalue weighted by atomic mass is 28.3. The largest absolute Gasteiger partial charge is 0.287 e. The average molecular weight is 326 g/mol. The summed E-state index contributed by atoms with van der Waals surface area (Å²) in [5.41, 5.74) is 2.28. The molecule has 0 aliphatic heterocycles. The van der Waals surface area contributed by atoms with Gasteiger partial charge in [0.1, 0.15) is 0 Å². The van der Waals surface area contributed by atoms with E-state index in [4.69, 9.17) is 0 Å². The number of ketones is 1. The molecule has 0 unspecified atom stereocenters. The first kappa shape index (κ1) is 19.1. The molecule has 126 valence electrons. The average Bonchev–Trinajstić information content (AvgIpc) is 2.36. The summed E-state index contributed by atoms with van der Waals surface area (Å²) >= 11 is 0. The Labute approximate surface area is 135 Å². The number of Topliss-reactive ketones (excluding diaryl/α,β-unsaturated/α-hetero) is 1. The minimum Gasteiger partial charge on any atom is -0.287 e. The van der Waals surface area contributed by atoms with Crippen molar-refractivity contribution in [3.05, 3.63) is 20.9 Å². The molecule has 4 nitrogen and oxygen atoms in total. The van der Waals surface area contributed by atoms with Gasteiger partial charge in [-0.1, -0.05) is 54.0 Å². The molecule has 0 saturated carbocycles. The second-order valence-electron chi connectivity index (χ2n) is 7.76. The highest BCUT2D eigenvalue weighted by molar-refractivity contribution is 6.93. The maximum Gasteiger partial charge on any atom is 0.274 e. The predicted molar refractivity (Wildman–Crippen MR) is 93.3 cm³/mol. The standard InChI is InChI=1S/C17H31NO3Si/c1-10(2)22(11(3)4,12(5)6)17-14(8)13(7)9-15(16(17)19)18(20)21/h10-13,15H,9H2,1-8H3/t13-,15-/m0/s1. The fraction of sp³-hybridized carbons (Fsp3) is 0.824. The van der Waals surface area contributed by atoms with E-state index in [1.807, 2.05) is 13.8 Å². The molecule has 0 bridgehead atoms. The van der Waals surface area contributed by atoms with Crippen molar-refractivity contribution in [3.8, 4) is 0 Å². The maximum absolute atomic E-state index is 13.0. The van der Waals surface area contributed by atoms with Gasteiger partial charge in [-0.15, -0.1) is 0 Å². The van der Waals surface area contributed by atoms with Crippen molar-refractivity contribution in [2.75, 3.05) is 0 Å². The number of hydrogen-bond acceptors (Lipinski definition) is 3. The van der Waals surface area contributed by atoms with Crippen LogP contribution in [-0.4, -0.2) is 24.8 Å². The van der Waals surface area contributed by atoms with E-state index in [1.54, 1.807) is 0 Å². The van der Waals surface area contributed by atoms with Crippen molar-refractivity contribution < 1.29 is 9.72 Å². The van der Waals surface area contributed by atoms with Crippen molar-refractivity contribution in [1.29, 1.82) is 0 Å². The molecule has 0 amide bonds. The summed E-state index contributed by atoms with van der Waals surface area (Å²) in [5, 5.41) is 12.3. The van der Waals surface area contributed by atoms with Gasteiger partial charge in [-0.3, -0.25) is 14.9 Å². The Kier molecular flexibility index (Phi) is 5.76. The van der Waals surface area contributed by atoms with E-state index in [1.165, 1.54) is 0 Å². The molecule has 0 spiro atoms. The number of nitro groups is 1. The van der Waals surface area contributed by atoms with Gasteiger partial charge in [0.15, 0.2) is 0 Å². The molecule has 0 aromatic rings. The Morgan fingerprint density at radius 3 is 1.82 bits per heavy atom. The number of allylic oxidation sites excluding steroid dienone is 1. The van der Waals surface area contributed by atoms with Gasteiger partial charge in [0, 0.05) is 11.3 Å². The molecular weight excluding hydrogens is 294 g/mol. The van der Waals surface area contributed by atoms with Crippen LogP contribution in [-0.2, 0) is 4.79 Å². The molecule has 0 heterocycles. The van der Waals surface area contributed by atoms with Crippen molar-refractivity contribution in [3.63, 3.8) is 0 Å². The zero-order valence-corrected chi connectivity index (χ0v) is 16.3. The van der Waals surface area contributed by atoms with E-state index in [9.17, 15) is 14.9 Å². The van der Waals surface area contributed by atoms with Gasteiger partial charge in [-0.2, -0.15) is 0 Å². The molecular formula is C17H31NO3Si. The first-order valence-corrected chi connectivity index (χ1v) is 10.6. The van der Waals surface area contributed by atoms with E-state index >= 15 is 0 Å². The van der Waals surface area contributed by atoms with Crippen molar-refractivity contribution in [2.45, 2.75) is 84.5 Å². The molecule has 0 aromatic heterocycles. The molecule has 1 rings (SSSR count). The number of carbonyl (C=O) groups excluding carboxylic acids is 1. The summed E-state index contributed by atoms with van der Waals surface area (Å²) in [7, 11) is -2.16. The summed E-state index contributed by atoms with van der Waals surface area (Å²) in [6.07, 6.45) is 0.347. The molecule has 1 aliphatic rings. The normalized spacial score (nSPS) is 23.9. The van der Waals surface area contributed by atoms with Gasteiger partial charge in [0.25, 0.3) is 6.04 Å². The Hall–Kier alpha value is -0.973. The van der Waals surface area contributed by atoms with Crippen LogP contribution in [0.2, 0.25) is 16.6 Å². The van der Waals surface area contributed by atoms with Gasteiger partial charge < -0.3 is 0 Å². The van der Waals surface area contributed by atoms with Crippen LogP contribution >= 0.6 is 0 Å². The Bertz CT molecular complexity index is 472. The SMILES string of the molecule is CC1=C([Si](C(C)C)(C(C)C)C(C)C)C(=O)[C@@H]([N+](=O)[O-])C[C@@H]1C. The minimum atomic E-state index is -2.16. The monoisotopic (exact) mass is 325 g/mol. The summed E-state index contributed by atoms with van der Waals surface area (Å²) < 4.78 is 0. The number of carbonyl (C=O) groups is 1. The molecule has 0 saturated heterocycles. The van der Waals surface area contributed by atoms with E-state index in [-0.39, 0.29) is 16.6 Å². The van der Waals surface area contributed by atoms with Gasteiger partial charge >= 0.3 is 0 Å². The molecule has 0 aromatic carbocycles. The third-order valence-electron chi connectivity index (χ3n) is 5.81. The van der Waals surface area contributed by atoms with E-state index in [0.29, 0.717) is 23.0 Å². The number of nitrogens with zero attached hydrogens (tertiary/aromatic N) is 1. The highest BCUT2D eigenvalue weighted by Crippen LogP contribution is 2.50. The van der Waals surface area contributed by atoms with Crippen LogP contribution in [0.1, 0.15) is 61.8 Å². The number of hydrogen-bond donors (Lipinski definition) is 0. The van der Waals surface area contributed by atoms with Crippen molar-refractivity contribution in [2.24, 2.45) is 5.92 Å². The minimum absolute atomic E-state index is 0.117. The van der Waals surface area contributed by atoms with Crippen molar-refractivity contribution in [1.82, 2.24) is 0 Å². The Morgan fingerprint density at radius 1 is 1.09 bits per heavy atom.